The van der Waals surface area contributed by atoms with Crippen molar-refractivity contribution < 1.29 is 0 Å². The molecule has 0 aromatic carbocycles. The molecular formula is C16H30N4. The Morgan fingerprint density at radius 3 is 2.10 bits per heavy atom. The van der Waals surface area contributed by atoms with E-state index < -0.39 is 0 Å². The molecule has 4 nitrogen and oxygen atoms in total. The van der Waals surface area contributed by atoms with Crippen LogP contribution in [-0.2, 0) is 0 Å². The van der Waals surface area contributed by atoms with E-state index >= 15 is 0 Å². The van der Waals surface area contributed by atoms with Gasteiger partial charge in [-0.25, -0.2) is 9.97 Å². The van der Waals surface area contributed by atoms with E-state index in [1.165, 1.54) is 12.8 Å². The lowest BCUT2D eigenvalue weighted by molar-refractivity contribution is 0.437. The summed E-state index contributed by atoms with van der Waals surface area (Å²) in [5, 5.41) is 6.83. The molecule has 2 N–H and O–H groups in total. The lowest BCUT2D eigenvalue weighted by Crippen LogP contribution is -2.26. The van der Waals surface area contributed by atoms with Gasteiger partial charge in [0.1, 0.15) is 17.5 Å². The number of nitrogens with zero attached hydrogens (tertiary/aromatic N) is 2. The molecule has 0 aliphatic carbocycles. The van der Waals surface area contributed by atoms with Crippen molar-refractivity contribution in [1.29, 1.82) is 0 Å². The first-order valence-electron chi connectivity index (χ1n) is 7.91. The van der Waals surface area contributed by atoms with Gasteiger partial charge in [-0.15, -0.1) is 0 Å². The summed E-state index contributed by atoms with van der Waals surface area (Å²) in [6.07, 6.45) is 2.37. The van der Waals surface area contributed by atoms with E-state index in [2.05, 4.69) is 62.1 Å². The van der Waals surface area contributed by atoms with E-state index in [1.54, 1.807) is 0 Å². The molecule has 0 radical (unpaired) electrons. The third kappa shape index (κ3) is 4.66. The van der Waals surface area contributed by atoms with Crippen LogP contribution in [0, 0.1) is 5.92 Å². The van der Waals surface area contributed by atoms with Crippen molar-refractivity contribution in [3.63, 3.8) is 0 Å². The molecule has 0 bridgehead atoms. The van der Waals surface area contributed by atoms with Crippen LogP contribution in [0.15, 0.2) is 6.07 Å². The molecule has 1 atom stereocenters. The number of anilines is 2. The summed E-state index contributed by atoms with van der Waals surface area (Å²) in [6.45, 7) is 13.9. The van der Waals surface area contributed by atoms with Crippen LogP contribution in [0.3, 0.4) is 0 Å². The molecular weight excluding hydrogens is 248 g/mol. The topological polar surface area (TPSA) is 49.8 Å². The van der Waals surface area contributed by atoms with Gasteiger partial charge < -0.3 is 10.6 Å². The Hall–Kier alpha value is -1.32. The van der Waals surface area contributed by atoms with E-state index in [0.29, 0.717) is 17.9 Å². The van der Waals surface area contributed by atoms with Gasteiger partial charge in [-0.3, -0.25) is 0 Å². The van der Waals surface area contributed by atoms with E-state index in [0.717, 1.165) is 24.0 Å². The van der Waals surface area contributed by atoms with Gasteiger partial charge in [0, 0.05) is 24.6 Å². The van der Waals surface area contributed by atoms with Gasteiger partial charge in [-0.1, -0.05) is 40.5 Å². The molecule has 1 aromatic heterocycles. The van der Waals surface area contributed by atoms with E-state index in [4.69, 9.17) is 0 Å². The van der Waals surface area contributed by atoms with E-state index in [-0.39, 0.29) is 0 Å². The lowest BCUT2D eigenvalue weighted by Gasteiger charge is -2.23. The summed E-state index contributed by atoms with van der Waals surface area (Å²) in [6, 6.07) is 2.43. The second kappa shape index (κ2) is 8.08. The zero-order valence-electron chi connectivity index (χ0n) is 13.8. The van der Waals surface area contributed by atoms with Crippen molar-refractivity contribution in [3.8, 4) is 0 Å². The molecule has 0 saturated heterocycles. The molecule has 1 aromatic rings. The van der Waals surface area contributed by atoms with Gasteiger partial charge in [0.2, 0.25) is 0 Å². The second-order valence-electron chi connectivity index (χ2n) is 5.69. The molecule has 1 unspecified atom stereocenters. The van der Waals surface area contributed by atoms with Crippen molar-refractivity contribution in [3.05, 3.63) is 11.9 Å². The average Bonchev–Trinajstić information content (AvgIpc) is 2.40. The molecule has 0 amide bonds. The van der Waals surface area contributed by atoms with Crippen LogP contribution in [-0.4, -0.2) is 22.6 Å². The highest BCUT2D eigenvalue weighted by Crippen LogP contribution is 2.21. The smallest absolute Gasteiger partial charge is 0.135 e. The van der Waals surface area contributed by atoms with Gasteiger partial charge in [-0.2, -0.15) is 0 Å². The number of nitrogens with one attached hydrogen (secondary N) is 2. The summed E-state index contributed by atoms with van der Waals surface area (Å²) in [7, 11) is 0. The van der Waals surface area contributed by atoms with Crippen molar-refractivity contribution in [1.82, 2.24) is 9.97 Å². The first kappa shape index (κ1) is 16.7. The summed E-state index contributed by atoms with van der Waals surface area (Å²) in [5.74, 6) is 3.74. The Morgan fingerprint density at radius 2 is 1.60 bits per heavy atom. The zero-order chi connectivity index (χ0) is 15.1. The van der Waals surface area contributed by atoms with Crippen molar-refractivity contribution in [2.24, 2.45) is 5.92 Å². The minimum atomic E-state index is 0.331. The van der Waals surface area contributed by atoms with Crippen LogP contribution in [0.2, 0.25) is 0 Å². The monoisotopic (exact) mass is 278 g/mol. The molecule has 1 heterocycles. The fourth-order valence-corrected chi connectivity index (χ4v) is 2.42. The minimum Gasteiger partial charge on any atom is -0.370 e. The molecule has 1 rings (SSSR count). The molecule has 4 heteroatoms. The number of aromatic nitrogens is 2. The van der Waals surface area contributed by atoms with Crippen LogP contribution in [0.5, 0.6) is 0 Å². The maximum absolute atomic E-state index is 4.64. The van der Waals surface area contributed by atoms with Crippen LogP contribution in [0.4, 0.5) is 11.6 Å². The Kier molecular flexibility index (Phi) is 6.76. The summed E-state index contributed by atoms with van der Waals surface area (Å²) < 4.78 is 0. The first-order chi connectivity index (χ1) is 9.51. The Bertz CT molecular complexity index is 399. The third-order valence-electron chi connectivity index (χ3n) is 3.75. The largest absolute Gasteiger partial charge is 0.370 e. The molecule has 0 saturated carbocycles. The Morgan fingerprint density at radius 1 is 1.00 bits per heavy atom. The van der Waals surface area contributed by atoms with Crippen molar-refractivity contribution >= 4 is 11.6 Å². The summed E-state index contributed by atoms with van der Waals surface area (Å²) in [5.41, 5.74) is 0. The summed E-state index contributed by atoms with van der Waals surface area (Å²) >= 11 is 0. The van der Waals surface area contributed by atoms with Gasteiger partial charge in [0.15, 0.2) is 0 Å². The fraction of sp³-hybridized carbons (Fsp3) is 0.750. The van der Waals surface area contributed by atoms with Gasteiger partial charge in [-0.05, 0) is 19.8 Å². The quantitative estimate of drug-likeness (QED) is 0.745. The SMILES string of the molecule is CCNc1cc(NC(C)C(CC)CC)nc(C(C)C)n1. The highest BCUT2D eigenvalue weighted by atomic mass is 15.1. The zero-order valence-corrected chi connectivity index (χ0v) is 13.8. The predicted octanol–water partition coefficient (Wildman–Crippen LogP) is 4.27. The van der Waals surface area contributed by atoms with Crippen LogP contribution < -0.4 is 10.6 Å². The van der Waals surface area contributed by atoms with Crippen molar-refractivity contribution in [2.45, 2.75) is 66.3 Å². The normalized spacial score (nSPS) is 12.8. The molecule has 114 valence electrons. The number of rotatable bonds is 8. The average molecular weight is 278 g/mol. The highest BCUT2D eigenvalue weighted by Gasteiger charge is 2.15. The second-order valence-corrected chi connectivity index (χ2v) is 5.69. The maximum atomic E-state index is 4.64. The number of hydrogen-bond acceptors (Lipinski definition) is 4. The molecule has 20 heavy (non-hydrogen) atoms. The standard InChI is InChI=1S/C16H30N4/c1-7-13(8-2)12(6)18-15-10-14(17-9-3)19-16(20-15)11(4)5/h10-13H,7-9H2,1-6H3,(H2,17,18,19,20). The third-order valence-corrected chi connectivity index (χ3v) is 3.75. The molecule has 0 spiro atoms. The number of hydrogen-bond donors (Lipinski definition) is 2. The van der Waals surface area contributed by atoms with Gasteiger partial charge in [0.25, 0.3) is 0 Å². The summed E-state index contributed by atoms with van der Waals surface area (Å²) in [4.78, 5) is 9.20. The van der Waals surface area contributed by atoms with E-state index in [1.807, 2.05) is 6.07 Å². The molecule has 0 aliphatic rings. The highest BCUT2D eigenvalue weighted by molar-refractivity contribution is 5.48. The Labute approximate surface area is 123 Å². The predicted molar refractivity (Wildman–Crippen MR) is 87.4 cm³/mol. The lowest BCUT2D eigenvalue weighted by atomic mass is 9.95. The van der Waals surface area contributed by atoms with Crippen molar-refractivity contribution in [2.75, 3.05) is 17.2 Å². The first-order valence-corrected chi connectivity index (χ1v) is 7.91. The van der Waals surface area contributed by atoms with Crippen LogP contribution in [0.25, 0.3) is 0 Å². The van der Waals surface area contributed by atoms with Crippen LogP contribution >= 0.6 is 0 Å². The maximum Gasteiger partial charge on any atom is 0.135 e. The minimum absolute atomic E-state index is 0.331. The fourth-order valence-electron chi connectivity index (χ4n) is 2.42. The van der Waals surface area contributed by atoms with Gasteiger partial charge in [0.05, 0.1) is 0 Å². The van der Waals surface area contributed by atoms with Gasteiger partial charge >= 0.3 is 0 Å². The Balaban J connectivity index is 2.92. The molecule has 0 fully saturated rings. The van der Waals surface area contributed by atoms with E-state index in [9.17, 15) is 0 Å². The van der Waals surface area contributed by atoms with Crippen LogP contribution in [0.1, 0.15) is 66.1 Å². The molecule has 0 aliphatic heterocycles.